The quantitative estimate of drug-likeness (QED) is 0.868. The van der Waals surface area contributed by atoms with Gasteiger partial charge in [-0.1, -0.05) is 18.5 Å². The summed E-state index contributed by atoms with van der Waals surface area (Å²) in [6, 6.07) is 4.34. The van der Waals surface area contributed by atoms with Gasteiger partial charge in [0.05, 0.1) is 16.8 Å². The molecule has 0 heterocycles. The highest BCUT2D eigenvalue weighted by molar-refractivity contribution is 9.10. The van der Waals surface area contributed by atoms with Crippen molar-refractivity contribution in [3.05, 3.63) is 21.6 Å². The van der Waals surface area contributed by atoms with Crippen LogP contribution < -0.4 is 10.1 Å². The Labute approximate surface area is 116 Å². The molecule has 4 heteroatoms. The molecule has 2 nitrogen and oxygen atoms in total. The van der Waals surface area contributed by atoms with Gasteiger partial charge in [0.1, 0.15) is 0 Å². The van der Waals surface area contributed by atoms with Crippen molar-refractivity contribution in [2.24, 2.45) is 5.92 Å². The summed E-state index contributed by atoms with van der Waals surface area (Å²) in [5.74, 6) is 1.68. The standard InChI is InChI=1S/C13H17BrClNO/c1-3-17-13-11(14)6-9(15)7-12(13)16-10-4-8(2)5-10/h6-8,10,16H,3-5H2,1-2H3. The predicted octanol–water partition coefficient (Wildman–Crippen LogP) is 4.71. The van der Waals surface area contributed by atoms with Gasteiger partial charge in [0.2, 0.25) is 0 Å². The largest absolute Gasteiger partial charge is 0.491 e. The number of anilines is 1. The third kappa shape index (κ3) is 3.08. The minimum absolute atomic E-state index is 0.551. The van der Waals surface area contributed by atoms with E-state index >= 15 is 0 Å². The van der Waals surface area contributed by atoms with Gasteiger partial charge in [0.25, 0.3) is 0 Å². The summed E-state index contributed by atoms with van der Waals surface area (Å²) < 4.78 is 6.56. The van der Waals surface area contributed by atoms with E-state index in [1.807, 2.05) is 19.1 Å². The van der Waals surface area contributed by atoms with E-state index in [1.54, 1.807) is 0 Å². The van der Waals surface area contributed by atoms with Crippen LogP contribution in [0, 0.1) is 5.92 Å². The van der Waals surface area contributed by atoms with Gasteiger partial charge in [-0.25, -0.2) is 0 Å². The maximum absolute atomic E-state index is 6.07. The smallest absolute Gasteiger partial charge is 0.156 e. The Morgan fingerprint density at radius 2 is 2.18 bits per heavy atom. The SMILES string of the molecule is CCOc1c(Br)cc(Cl)cc1NC1CC(C)C1. The van der Waals surface area contributed by atoms with Crippen LogP contribution in [-0.2, 0) is 0 Å². The summed E-state index contributed by atoms with van der Waals surface area (Å²) in [6.45, 7) is 4.90. The molecule has 0 unspecified atom stereocenters. The van der Waals surface area contributed by atoms with Gasteiger partial charge < -0.3 is 10.1 Å². The van der Waals surface area contributed by atoms with Gasteiger partial charge in [-0.2, -0.15) is 0 Å². The molecule has 17 heavy (non-hydrogen) atoms. The summed E-state index contributed by atoms with van der Waals surface area (Å²) in [6.07, 6.45) is 2.44. The molecule has 0 aromatic heterocycles. The summed E-state index contributed by atoms with van der Waals surface area (Å²) >= 11 is 9.56. The lowest BCUT2D eigenvalue weighted by Gasteiger charge is -2.34. The van der Waals surface area contributed by atoms with Crippen LogP contribution in [0.25, 0.3) is 0 Å². The second-order valence-corrected chi connectivity index (χ2v) is 5.91. The van der Waals surface area contributed by atoms with Crippen LogP contribution in [0.1, 0.15) is 26.7 Å². The maximum atomic E-state index is 6.07. The zero-order valence-corrected chi connectivity index (χ0v) is 12.4. The molecule has 94 valence electrons. The molecule has 0 amide bonds. The Kier molecular flexibility index (Phi) is 4.21. The van der Waals surface area contributed by atoms with E-state index < -0.39 is 0 Å². The van der Waals surface area contributed by atoms with Crippen LogP contribution in [0.2, 0.25) is 5.02 Å². The second-order valence-electron chi connectivity index (χ2n) is 4.62. The predicted molar refractivity (Wildman–Crippen MR) is 76.1 cm³/mol. The Bertz CT molecular complexity index is 405. The van der Waals surface area contributed by atoms with Gasteiger partial charge >= 0.3 is 0 Å². The maximum Gasteiger partial charge on any atom is 0.156 e. The summed E-state index contributed by atoms with van der Waals surface area (Å²) in [5, 5.41) is 4.22. The molecule has 1 N–H and O–H groups in total. The van der Waals surface area contributed by atoms with Crippen LogP contribution in [0.4, 0.5) is 5.69 Å². The van der Waals surface area contributed by atoms with Gasteiger partial charge in [-0.3, -0.25) is 0 Å². The van der Waals surface area contributed by atoms with Crippen molar-refractivity contribution < 1.29 is 4.74 Å². The zero-order chi connectivity index (χ0) is 12.4. The number of nitrogens with one attached hydrogen (secondary N) is 1. The minimum Gasteiger partial charge on any atom is -0.491 e. The lowest BCUT2D eigenvalue weighted by molar-refractivity contribution is 0.305. The van der Waals surface area contributed by atoms with Crippen LogP contribution >= 0.6 is 27.5 Å². The van der Waals surface area contributed by atoms with Crippen molar-refractivity contribution in [1.82, 2.24) is 0 Å². The van der Waals surface area contributed by atoms with Crippen molar-refractivity contribution in [1.29, 1.82) is 0 Å². The summed E-state index contributed by atoms with van der Waals surface area (Å²) in [7, 11) is 0. The van der Waals surface area contributed by atoms with Gasteiger partial charge in [0.15, 0.2) is 5.75 Å². The Morgan fingerprint density at radius 1 is 1.47 bits per heavy atom. The third-order valence-electron chi connectivity index (χ3n) is 3.03. The topological polar surface area (TPSA) is 21.3 Å². The molecule has 0 spiro atoms. The van der Waals surface area contributed by atoms with E-state index in [0.717, 1.165) is 26.9 Å². The molecule has 0 radical (unpaired) electrons. The zero-order valence-electron chi connectivity index (χ0n) is 10.1. The second kappa shape index (κ2) is 5.49. The molecule has 0 atom stereocenters. The van der Waals surface area contributed by atoms with Crippen molar-refractivity contribution in [2.45, 2.75) is 32.7 Å². The van der Waals surface area contributed by atoms with E-state index in [4.69, 9.17) is 16.3 Å². The van der Waals surface area contributed by atoms with Crippen LogP contribution in [0.15, 0.2) is 16.6 Å². The lowest BCUT2D eigenvalue weighted by Crippen LogP contribution is -2.33. The number of halogens is 2. The molecule has 1 fully saturated rings. The molecule has 0 aliphatic heterocycles. The highest BCUT2D eigenvalue weighted by Crippen LogP contribution is 2.39. The summed E-state index contributed by atoms with van der Waals surface area (Å²) in [4.78, 5) is 0. The average molecular weight is 319 g/mol. The lowest BCUT2D eigenvalue weighted by atomic mass is 9.82. The van der Waals surface area contributed by atoms with Crippen molar-refractivity contribution in [3.63, 3.8) is 0 Å². The van der Waals surface area contributed by atoms with Crippen molar-refractivity contribution in [2.75, 3.05) is 11.9 Å². The van der Waals surface area contributed by atoms with Crippen LogP contribution in [0.5, 0.6) is 5.75 Å². The molecule has 0 bridgehead atoms. The van der Waals surface area contributed by atoms with E-state index in [-0.39, 0.29) is 0 Å². The molecule has 1 aromatic carbocycles. The van der Waals surface area contributed by atoms with Crippen molar-refractivity contribution >= 4 is 33.2 Å². The molecule has 0 saturated heterocycles. The molecular formula is C13H17BrClNO. The van der Waals surface area contributed by atoms with Crippen molar-refractivity contribution in [3.8, 4) is 5.75 Å². The third-order valence-corrected chi connectivity index (χ3v) is 3.84. The molecule has 1 saturated carbocycles. The fraction of sp³-hybridized carbons (Fsp3) is 0.538. The molecule has 1 aliphatic rings. The number of hydrogen-bond acceptors (Lipinski definition) is 2. The monoisotopic (exact) mass is 317 g/mol. The first kappa shape index (κ1) is 13.0. The first-order chi connectivity index (χ1) is 8.10. The molecular weight excluding hydrogens is 302 g/mol. The normalized spacial score (nSPS) is 23.1. The molecule has 2 rings (SSSR count). The minimum atomic E-state index is 0.551. The highest BCUT2D eigenvalue weighted by Gasteiger charge is 2.26. The average Bonchev–Trinajstić information content (AvgIpc) is 2.21. The fourth-order valence-corrected chi connectivity index (χ4v) is 3.12. The summed E-state index contributed by atoms with van der Waals surface area (Å²) in [5.41, 5.74) is 0.989. The van der Waals surface area contributed by atoms with Crippen LogP contribution in [-0.4, -0.2) is 12.6 Å². The highest BCUT2D eigenvalue weighted by atomic mass is 79.9. The van der Waals surface area contributed by atoms with E-state index in [2.05, 4.69) is 28.2 Å². The number of ether oxygens (including phenoxy) is 1. The Morgan fingerprint density at radius 3 is 2.76 bits per heavy atom. The molecule has 1 aromatic rings. The fourth-order valence-electron chi connectivity index (χ4n) is 2.20. The number of rotatable bonds is 4. The van der Waals surface area contributed by atoms with Gasteiger partial charge in [-0.15, -0.1) is 0 Å². The first-order valence-electron chi connectivity index (χ1n) is 5.98. The number of hydrogen-bond donors (Lipinski definition) is 1. The van der Waals surface area contributed by atoms with Crippen LogP contribution in [0.3, 0.4) is 0 Å². The van der Waals surface area contributed by atoms with E-state index in [1.165, 1.54) is 12.8 Å². The number of benzene rings is 1. The Balaban J connectivity index is 2.18. The van der Waals surface area contributed by atoms with Gasteiger partial charge in [-0.05, 0) is 53.7 Å². The van der Waals surface area contributed by atoms with E-state index in [9.17, 15) is 0 Å². The Hall–Kier alpha value is -0.410. The first-order valence-corrected chi connectivity index (χ1v) is 7.15. The molecule has 1 aliphatic carbocycles. The van der Waals surface area contributed by atoms with E-state index in [0.29, 0.717) is 12.6 Å². The van der Waals surface area contributed by atoms with Gasteiger partial charge in [0, 0.05) is 11.1 Å².